The highest BCUT2D eigenvalue weighted by molar-refractivity contribution is 7.98. The molecule has 2 atom stereocenters. The molecule has 3 nitrogen and oxygen atoms in total. The van der Waals surface area contributed by atoms with Gasteiger partial charge in [0.15, 0.2) is 0 Å². The molecule has 0 rings (SSSR count). The van der Waals surface area contributed by atoms with Gasteiger partial charge in [0, 0.05) is 6.04 Å². The van der Waals surface area contributed by atoms with Crippen LogP contribution >= 0.6 is 11.8 Å². The van der Waals surface area contributed by atoms with E-state index in [1.54, 1.807) is 11.8 Å². The smallest absolute Gasteiger partial charge is 0.320 e. The van der Waals surface area contributed by atoms with E-state index in [1.807, 2.05) is 20.8 Å². The maximum absolute atomic E-state index is 10.9. The van der Waals surface area contributed by atoms with Gasteiger partial charge in [0.25, 0.3) is 0 Å². The summed E-state index contributed by atoms with van der Waals surface area (Å²) in [5.41, 5.74) is 0. The fraction of sp³-hybridized carbons (Fsp3) is 0.900. The minimum absolute atomic E-state index is 0.129. The van der Waals surface area contributed by atoms with Crippen LogP contribution in [-0.4, -0.2) is 35.2 Å². The van der Waals surface area contributed by atoms with Gasteiger partial charge in [-0.1, -0.05) is 13.8 Å². The third-order valence-electron chi connectivity index (χ3n) is 2.15. The first kappa shape index (κ1) is 13.8. The summed E-state index contributed by atoms with van der Waals surface area (Å²) in [6, 6.07) is -0.155. The molecule has 0 aliphatic carbocycles. The van der Waals surface area contributed by atoms with Gasteiger partial charge in [-0.15, -0.1) is 0 Å². The normalized spacial score (nSPS) is 15.5. The Morgan fingerprint density at radius 2 is 2.00 bits per heavy atom. The van der Waals surface area contributed by atoms with Crippen LogP contribution in [0, 0.1) is 5.92 Å². The SMILES string of the molecule is CSCCC(C)NC(C(=O)O)C(C)C. The molecule has 84 valence electrons. The molecule has 14 heavy (non-hydrogen) atoms. The van der Waals surface area contributed by atoms with Crippen LogP contribution in [0.2, 0.25) is 0 Å². The number of nitrogens with one attached hydrogen (secondary N) is 1. The molecule has 2 N–H and O–H groups in total. The maximum atomic E-state index is 10.9. The van der Waals surface area contributed by atoms with Gasteiger partial charge in [0.2, 0.25) is 0 Å². The second-order valence-electron chi connectivity index (χ2n) is 3.91. The minimum Gasteiger partial charge on any atom is -0.480 e. The van der Waals surface area contributed by atoms with Crippen LogP contribution in [0.5, 0.6) is 0 Å². The molecule has 0 bridgehead atoms. The van der Waals surface area contributed by atoms with Gasteiger partial charge < -0.3 is 10.4 Å². The van der Waals surface area contributed by atoms with E-state index in [9.17, 15) is 4.79 Å². The number of rotatable bonds is 7. The standard InChI is InChI=1S/C10H21NO2S/c1-7(2)9(10(12)13)11-8(3)5-6-14-4/h7-9,11H,5-6H2,1-4H3,(H,12,13). The lowest BCUT2D eigenvalue weighted by atomic mass is 10.0. The second-order valence-corrected chi connectivity index (χ2v) is 4.89. The zero-order chi connectivity index (χ0) is 11.1. The minimum atomic E-state index is -0.754. The van der Waals surface area contributed by atoms with Crippen molar-refractivity contribution >= 4 is 17.7 Å². The Morgan fingerprint density at radius 1 is 1.43 bits per heavy atom. The summed E-state index contributed by atoms with van der Waals surface area (Å²) in [6.45, 7) is 5.88. The van der Waals surface area contributed by atoms with Gasteiger partial charge in [-0.3, -0.25) is 4.79 Å². The summed E-state index contributed by atoms with van der Waals surface area (Å²) in [6.07, 6.45) is 3.07. The average molecular weight is 219 g/mol. The first-order valence-corrected chi connectivity index (χ1v) is 6.36. The second kappa shape index (κ2) is 7.12. The fourth-order valence-corrected chi connectivity index (χ4v) is 1.82. The van der Waals surface area contributed by atoms with Crippen LogP contribution in [-0.2, 0) is 4.79 Å². The number of carboxylic acid groups (broad SMARTS) is 1. The Labute approximate surface area is 90.7 Å². The lowest BCUT2D eigenvalue weighted by Gasteiger charge is -2.22. The van der Waals surface area contributed by atoms with Crippen molar-refractivity contribution in [1.29, 1.82) is 0 Å². The highest BCUT2D eigenvalue weighted by Gasteiger charge is 2.22. The molecule has 0 amide bonds. The number of hydrogen-bond acceptors (Lipinski definition) is 3. The Bertz CT molecular complexity index is 174. The van der Waals surface area contributed by atoms with Gasteiger partial charge in [-0.2, -0.15) is 11.8 Å². The summed E-state index contributed by atoms with van der Waals surface area (Å²) in [5, 5.41) is 12.1. The van der Waals surface area contributed by atoms with E-state index in [0.29, 0.717) is 0 Å². The van der Waals surface area contributed by atoms with Crippen LogP contribution in [0.1, 0.15) is 27.2 Å². The van der Waals surface area contributed by atoms with Crippen LogP contribution < -0.4 is 5.32 Å². The van der Waals surface area contributed by atoms with Crippen molar-refractivity contribution in [3.8, 4) is 0 Å². The molecule has 0 heterocycles. The molecule has 0 aromatic heterocycles. The highest BCUT2D eigenvalue weighted by Crippen LogP contribution is 2.06. The number of aliphatic carboxylic acids is 1. The van der Waals surface area contributed by atoms with Crippen LogP contribution in [0.15, 0.2) is 0 Å². The lowest BCUT2D eigenvalue weighted by Crippen LogP contribution is -2.45. The van der Waals surface area contributed by atoms with E-state index >= 15 is 0 Å². The molecule has 0 aromatic rings. The summed E-state index contributed by atoms with van der Waals surface area (Å²) in [4.78, 5) is 10.9. The molecule has 0 saturated carbocycles. The largest absolute Gasteiger partial charge is 0.480 e. The zero-order valence-corrected chi connectivity index (χ0v) is 10.2. The van der Waals surface area contributed by atoms with E-state index in [2.05, 4.69) is 11.6 Å². The van der Waals surface area contributed by atoms with E-state index in [-0.39, 0.29) is 12.0 Å². The fourth-order valence-electron chi connectivity index (χ4n) is 1.23. The summed E-state index contributed by atoms with van der Waals surface area (Å²) >= 11 is 1.79. The molecule has 0 spiro atoms. The van der Waals surface area contributed by atoms with Crippen LogP contribution in [0.3, 0.4) is 0 Å². The Balaban J connectivity index is 3.96. The average Bonchev–Trinajstić information content (AvgIpc) is 2.09. The van der Waals surface area contributed by atoms with Crippen molar-refractivity contribution in [3.05, 3.63) is 0 Å². The van der Waals surface area contributed by atoms with Gasteiger partial charge in [0.1, 0.15) is 6.04 Å². The molecule has 0 aliphatic rings. The van der Waals surface area contributed by atoms with Gasteiger partial charge >= 0.3 is 5.97 Å². The highest BCUT2D eigenvalue weighted by atomic mass is 32.2. The quantitative estimate of drug-likeness (QED) is 0.686. The van der Waals surface area contributed by atoms with E-state index in [0.717, 1.165) is 12.2 Å². The van der Waals surface area contributed by atoms with Crippen LogP contribution in [0.4, 0.5) is 0 Å². The van der Waals surface area contributed by atoms with Crippen molar-refractivity contribution in [2.45, 2.75) is 39.3 Å². The predicted molar refractivity (Wildman–Crippen MR) is 61.9 cm³/mol. The first-order chi connectivity index (χ1) is 6.49. The van der Waals surface area contributed by atoms with Gasteiger partial charge in [-0.05, 0) is 31.3 Å². The molecule has 0 aliphatic heterocycles. The Kier molecular flexibility index (Phi) is 7.01. The summed E-state index contributed by atoms with van der Waals surface area (Å²) in [7, 11) is 0. The molecule has 0 fully saturated rings. The monoisotopic (exact) mass is 219 g/mol. The molecule has 0 aromatic carbocycles. The van der Waals surface area contributed by atoms with Crippen molar-refractivity contribution < 1.29 is 9.90 Å². The molecular formula is C10H21NO2S. The predicted octanol–water partition coefficient (Wildman–Crippen LogP) is 1.83. The zero-order valence-electron chi connectivity index (χ0n) is 9.41. The molecule has 0 saturated heterocycles. The Morgan fingerprint density at radius 3 is 2.36 bits per heavy atom. The Hall–Kier alpha value is -0.220. The maximum Gasteiger partial charge on any atom is 0.320 e. The van der Waals surface area contributed by atoms with Gasteiger partial charge in [0.05, 0.1) is 0 Å². The van der Waals surface area contributed by atoms with Crippen molar-refractivity contribution in [2.24, 2.45) is 5.92 Å². The van der Waals surface area contributed by atoms with E-state index in [1.165, 1.54) is 0 Å². The number of carboxylic acids is 1. The van der Waals surface area contributed by atoms with Crippen molar-refractivity contribution in [1.82, 2.24) is 5.32 Å². The molecule has 4 heteroatoms. The number of carbonyl (C=O) groups is 1. The molecule has 2 unspecified atom stereocenters. The number of thioether (sulfide) groups is 1. The van der Waals surface area contributed by atoms with Crippen LogP contribution in [0.25, 0.3) is 0 Å². The first-order valence-electron chi connectivity index (χ1n) is 4.96. The molecular weight excluding hydrogens is 198 g/mol. The third kappa shape index (κ3) is 5.50. The van der Waals surface area contributed by atoms with Crippen molar-refractivity contribution in [3.63, 3.8) is 0 Å². The van der Waals surface area contributed by atoms with Gasteiger partial charge in [-0.25, -0.2) is 0 Å². The van der Waals surface area contributed by atoms with Crippen molar-refractivity contribution in [2.75, 3.05) is 12.0 Å². The third-order valence-corrected chi connectivity index (χ3v) is 2.80. The van der Waals surface area contributed by atoms with E-state index < -0.39 is 12.0 Å². The summed E-state index contributed by atoms with van der Waals surface area (Å²) in [5.74, 6) is 0.443. The van der Waals surface area contributed by atoms with E-state index in [4.69, 9.17) is 5.11 Å². The number of hydrogen-bond donors (Lipinski definition) is 2. The lowest BCUT2D eigenvalue weighted by molar-refractivity contribution is -0.140. The topological polar surface area (TPSA) is 49.3 Å². The molecule has 0 radical (unpaired) electrons. The summed E-state index contributed by atoms with van der Waals surface area (Å²) < 4.78 is 0.